The van der Waals surface area contributed by atoms with Gasteiger partial charge in [0.25, 0.3) is 0 Å². The monoisotopic (exact) mass is 1430 g/mol. The smallest absolute Gasteiger partial charge is 0.125 e. The van der Waals surface area contributed by atoms with Crippen molar-refractivity contribution in [2.24, 2.45) is 0 Å². The van der Waals surface area contributed by atoms with Gasteiger partial charge in [0.05, 0.1) is 0 Å². The second kappa shape index (κ2) is 29.4. The Morgan fingerprint density at radius 3 is 0.500 bits per heavy atom. The highest BCUT2D eigenvalue weighted by Crippen LogP contribution is 2.56. The van der Waals surface area contributed by atoms with Crippen molar-refractivity contribution in [2.75, 3.05) is 0 Å². The average molecular weight is 1440 g/mol. The van der Waals surface area contributed by atoms with Crippen molar-refractivity contribution in [1.82, 2.24) is 0 Å². The maximum Gasteiger partial charge on any atom is 0.125 e. The van der Waals surface area contributed by atoms with Gasteiger partial charge in [0.1, 0.15) is 80.5 Å². The molecule has 106 heavy (non-hydrogen) atoms. The molecule has 0 amide bonds. The highest BCUT2D eigenvalue weighted by atomic mass is 16.3. The summed E-state index contributed by atoms with van der Waals surface area (Å²) in [5, 5.41) is 156. The molecule has 0 spiro atoms. The summed E-state index contributed by atoms with van der Waals surface area (Å²) in [5.74, 6) is -0.111. The molecule has 14 N–H and O–H groups in total. The van der Waals surface area contributed by atoms with Gasteiger partial charge in [-0.2, -0.15) is 0 Å². The molecule has 0 radical (unpaired) electrons. The Kier molecular flexibility index (Phi) is 21.6. The molecule has 4 atom stereocenters. The number of hydrogen-bond acceptors (Lipinski definition) is 14. The quantitative estimate of drug-likeness (QED) is 0.0599. The van der Waals surface area contributed by atoms with E-state index >= 15 is 0 Å². The average Bonchev–Trinajstić information content (AvgIpc) is 0.735. The van der Waals surface area contributed by atoms with Crippen LogP contribution in [0, 0.1) is 111 Å². The van der Waals surface area contributed by atoms with E-state index in [0.29, 0.717) is 105 Å². The van der Waals surface area contributed by atoms with Crippen LogP contribution in [0.15, 0.2) is 97.1 Å². The zero-order valence-corrected chi connectivity index (χ0v) is 65.1. The fourth-order valence-electron chi connectivity index (χ4n) is 16.9. The van der Waals surface area contributed by atoms with Gasteiger partial charge >= 0.3 is 0 Å². The molecule has 0 heterocycles. The minimum atomic E-state index is -0.927. The van der Waals surface area contributed by atoms with Crippen LogP contribution in [-0.4, -0.2) is 71.5 Å². The zero-order chi connectivity index (χ0) is 78.3. The number of aromatic hydroxyl groups is 14. The van der Waals surface area contributed by atoms with E-state index in [1.54, 1.807) is 52.0 Å². The van der Waals surface area contributed by atoms with E-state index in [1.807, 2.05) is 111 Å². The molecule has 10 aromatic carbocycles. The second-order valence-electron chi connectivity index (χ2n) is 31.3. The van der Waals surface area contributed by atoms with Crippen LogP contribution in [0.5, 0.6) is 80.5 Å². The normalized spacial score (nSPS) is 15.6. The summed E-state index contributed by atoms with van der Waals surface area (Å²) < 4.78 is 0. The van der Waals surface area contributed by atoms with Crippen LogP contribution in [0.4, 0.5) is 0 Å². The van der Waals surface area contributed by atoms with Crippen LogP contribution in [0.1, 0.15) is 231 Å². The van der Waals surface area contributed by atoms with E-state index in [0.717, 1.165) is 100 Å². The van der Waals surface area contributed by atoms with E-state index in [9.17, 15) is 71.5 Å². The lowest BCUT2D eigenvalue weighted by Crippen LogP contribution is -2.37. The van der Waals surface area contributed by atoms with E-state index < -0.39 is 10.8 Å². The highest BCUT2D eigenvalue weighted by Gasteiger charge is 2.45. The molecule has 0 aromatic heterocycles. The van der Waals surface area contributed by atoms with Gasteiger partial charge in [0.15, 0.2) is 0 Å². The molecule has 558 valence electrons. The molecule has 1 aliphatic rings. The van der Waals surface area contributed by atoms with Crippen molar-refractivity contribution < 1.29 is 71.5 Å². The van der Waals surface area contributed by atoms with Crippen molar-refractivity contribution in [3.63, 3.8) is 0 Å². The number of hydrogen-bond donors (Lipinski definition) is 14. The molecule has 14 nitrogen and oxygen atoms in total. The molecule has 10 aromatic rings. The molecule has 0 aliphatic heterocycles. The van der Waals surface area contributed by atoms with Crippen LogP contribution < -0.4 is 0 Å². The van der Waals surface area contributed by atoms with Crippen molar-refractivity contribution in [3.8, 4) is 80.5 Å². The summed E-state index contributed by atoms with van der Waals surface area (Å²) in [6, 6.07) is 31.7. The predicted molar refractivity (Wildman–Crippen MR) is 421 cm³/mol. The third-order valence-corrected chi connectivity index (χ3v) is 23.5. The van der Waals surface area contributed by atoms with Crippen molar-refractivity contribution in [2.45, 2.75) is 212 Å². The van der Waals surface area contributed by atoms with Crippen LogP contribution in [0.3, 0.4) is 0 Å². The maximum atomic E-state index is 11.2. The van der Waals surface area contributed by atoms with Crippen LogP contribution >= 0.6 is 0 Å². The molecule has 1 aliphatic carbocycles. The molecule has 14 heteroatoms. The molecular weight excluding hydrogens is 1330 g/mol. The van der Waals surface area contributed by atoms with Gasteiger partial charge in [0, 0.05) is 33.1 Å². The van der Waals surface area contributed by atoms with Gasteiger partial charge in [-0.3, -0.25) is 0 Å². The number of aryl methyl sites for hydroxylation is 12. The second-order valence-corrected chi connectivity index (χ2v) is 31.3. The Morgan fingerprint density at radius 1 is 0.208 bits per heavy atom. The number of rotatable bonds is 9. The summed E-state index contributed by atoms with van der Waals surface area (Å²) in [6.07, 6.45) is 2.25. The Bertz CT molecular complexity index is 4310. The van der Waals surface area contributed by atoms with Gasteiger partial charge in [-0.1, -0.05) is 100 Å². The Hall–Kier alpha value is -10.6. The van der Waals surface area contributed by atoms with Gasteiger partial charge < -0.3 is 71.5 Å². The molecule has 4 unspecified atom stereocenters. The van der Waals surface area contributed by atoms with Crippen LogP contribution in [0.2, 0.25) is 0 Å². The first-order chi connectivity index (χ1) is 49.6. The maximum absolute atomic E-state index is 11.2. The number of benzene rings is 10. The fraction of sp³-hybridized carbons (Fsp3) is 0.348. The van der Waals surface area contributed by atoms with Crippen LogP contribution in [0.25, 0.3) is 0 Å². The number of phenols is 14. The van der Waals surface area contributed by atoms with Crippen molar-refractivity contribution in [3.05, 3.63) is 264 Å². The summed E-state index contributed by atoms with van der Waals surface area (Å²) in [7, 11) is 0. The lowest BCUT2D eigenvalue weighted by atomic mass is 9.59. The van der Waals surface area contributed by atoms with E-state index in [2.05, 4.69) is 72.8 Å². The molecular formula is C92H106O14. The predicted octanol–water partition coefficient (Wildman–Crippen LogP) is 20.0. The highest BCUT2D eigenvalue weighted by molar-refractivity contribution is 5.66. The third-order valence-electron chi connectivity index (χ3n) is 23.5. The lowest BCUT2D eigenvalue weighted by Gasteiger charge is -2.43. The Balaban J connectivity index is 0.000000231. The van der Waals surface area contributed by atoms with Gasteiger partial charge in [-0.25, -0.2) is 0 Å². The number of fused-ring (bicyclic) bond motifs is 8. The zero-order valence-electron chi connectivity index (χ0n) is 65.1. The molecule has 0 fully saturated rings. The first-order valence-corrected chi connectivity index (χ1v) is 36.6. The Labute approximate surface area is 624 Å². The first-order valence-electron chi connectivity index (χ1n) is 36.6. The summed E-state index contributed by atoms with van der Waals surface area (Å²) >= 11 is 0. The van der Waals surface area contributed by atoms with Crippen molar-refractivity contribution in [1.29, 1.82) is 0 Å². The topological polar surface area (TPSA) is 283 Å². The van der Waals surface area contributed by atoms with Gasteiger partial charge in [-0.05, 0) is 342 Å². The molecule has 11 rings (SSSR count). The van der Waals surface area contributed by atoms with E-state index in [1.165, 1.54) is 0 Å². The molecule has 8 bridgehead atoms. The van der Waals surface area contributed by atoms with E-state index in [4.69, 9.17) is 0 Å². The third kappa shape index (κ3) is 13.8. The standard InChI is InChI=1S/C52H58O6.C40H48O8/c1-27-15-39(16-28(2)45(27)53)51(40-17-29(3)46(54)30(4)18-40,41-19-31(5)47(55)32(6)20-41)13-14-52(42-21-33(7)48(56)34(8)22-42,43-23-35(9)49(57)36(10)24-43)44-25-37(11)50(58)38(12)26-44;1-17-9-25-13-26(34(42)21(5)33(25)41)11-19(3)31-16-32(40(48)24(8)39(31)47)20(4)12-28-14-27(35(43)22(6)36(28)44)10-18(2)30-15-29(17)37(45)23(7)38(30)46/h15-26,53-58H,13-14H2,1-12H3;13-20,41-48H,9-12H2,1-8H3. The minimum absolute atomic E-state index is 0.0319. The SMILES string of the molecule is Cc1c(O)c2cc(c1O)CC(C)c1cc(c(O)c(C)c1O)C(C)Cc1cc(c(O)c(C)c1O)CC(C)c1cc(c(O)c(C)c1O)C(C)C2.Cc1cc(C(CCC(c2cc(C)c(O)c(C)c2)(c2cc(C)c(O)c(C)c2)c2cc(C)c(O)c(C)c2)(c2cc(C)c(O)c(C)c2)c2cc(C)c(O)c(C)c2)cc(C)c1O. The largest absolute Gasteiger partial charge is 0.507 e. The number of phenolic OH excluding ortho intramolecular Hbond substituents is 14. The minimum Gasteiger partial charge on any atom is -0.507 e. The van der Waals surface area contributed by atoms with Crippen LogP contribution in [-0.2, 0) is 36.5 Å². The lowest BCUT2D eigenvalue weighted by molar-refractivity contribution is 0.419. The van der Waals surface area contributed by atoms with Crippen molar-refractivity contribution >= 4 is 0 Å². The Morgan fingerprint density at radius 2 is 0.349 bits per heavy atom. The first kappa shape index (κ1) is 78.0. The van der Waals surface area contributed by atoms with Gasteiger partial charge in [-0.15, -0.1) is 0 Å². The van der Waals surface area contributed by atoms with Gasteiger partial charge in [0.2, 0.25) is 0 Å². The van der Waals surface area contributed by atoms with E-state index in [-0.39, 0.29) is 104 Å². The molecule has 0 saturated carbocycles. The summed E-state index contributed by atoms with van der Waals surface area (Å²) in [5.41, 5.74) is 18.6. The fourth-order valence-corrected chi connectivity index (χ4v) is 16.9. The molecule has 0 saturated heterocycles. The summed E-state index contributed by atoms with van der Waals surface area (Å²) in [6.45, 7) is 37.2. The summed E-state index contributed by atoms with van der Waals surface area (Å²) in [4.78, 5) is 0.